The Hall–Kier alpha value is -3.93. The van der Waals surface area contributed by atoms with Crippen molar-refractivity contribution < 1.29 is 37.3 Å². The maximum atomic E-state index is 14.3. The summed E-state index contributed by atoms with van der Waals surface area (Å²) in [5, 5.41) is 13.1. The number of alkyl halides is 3. The zero-order chi connectivity index (χ0) is 35.6. The second-order valence-electron chi connectivity index (χ2n) is 13.1. The minimum absolute atomic E-state index is 0.173. The van der Waals surface area contributed by atoms with Crippen LogP contribution in [0.4, 0.5) is 18.9 Å². The lowest BCUT2D eigenvalue weighted by molar-refractivity contribution is -0.137. The van der Waals surface area contributed by atoms with E-state index < -0.39 is 17.8 Å². The number of halogens is 3. The number of nitrogens with one attached hydrogen (secondary N) is 1. The summed E-state index contributed by atoms with van der Waals surface area (Å²) in [5.74, 6) is -0.331. The largest absolute Gasteiger partial charge is 0.490 e. The van der Waals surface area contributed by atoms with E-state index in [-0.39, 0.29) is 55.1 Å². The van der Waals surface area contributed by atoms with Crippen LogP contribution in [0.15, 0.2) is 72.8 Å². The first-order valence-electron chi connectivity index (χ1n) is 16.9. The number of rotatable bonds is 9. The van der Waals surface area contributed by atoms with Gasteiger partial charge in [-0.15, -0.1) is 0 Å². The monoisotopic (exact) mass is 683 g/mol. The van der Waals surface area contributed by atoms with Crippen molar-refractivity contribution in [2.24, 2.45) is 5.92 Å². The van der Waals surface area contributed by atoms with Crippen LogP contribution in [0.1, 0.15) is 67.1 Å². The third kappa shape index (κ3) is 11.3. The summed E-state index contributed by atoms with van der Waals surface area (Å²) in [4.78, 5) is 30.9. The molecule has 0 bridgehead atoms. The predicted octanol–water partition coefficient (Wildman–Crippen LogP) is 6.81. The summed E-state index contributed by atoms with van der Waals surface area (Å²) in [6, 6.07) is 19.1. The van der Waals surface area contributed by atoms with Crippen LogP contribution in [0.2, 0.25) is 0 Å². The number of aliphatic hydroxyl groups is 1. The van der Waals surface area contributed by atoms with Crippen LogP contribution in [-0.2, 0) is 28.7 Å². The minimum atomic E-state index is -4.39. The van der Waals surface area contributed by atoms with Crippen molar-refractivity contribution >= 4 is 17.5 Å². The molecule has 0 aromatic heterocycles. The third-order valence-corrected chi connectivity index (χ3v) is 8.77. The van der Waals surface area contributed by atoms with E-state index in [1.165, 1.54) is 12.1 Å². The van der Waals surface area contributed by atoms with E-state index in [1.54, 1.807) is 30.0 Å². The lowest BCUT2D eigenvalue weighted by Crippen LogP contribution is -2.47. The van der Waals surface area contributed by atoms with Gasteiger partial charge in [-0.1, -0.05) is 49.4 Å². The molecule has 0 unspecified atom stereocenters. The molecule has 1 aliphatic rings. The second-order valence-corrected chi connectivity index (χ2v) is 13.1. The number of anilines is 1. The van der Waals surface area contributed by atoms with Gasteiger partial charge in [0.2, 0.25) is 5.91 Å². The van der Waals surface area contributed by atoms with Crippen LogP contribution in [0, 0.1) is 5.92 Å². The molecule has 49 heavy (non-hydrogen) atoms. The minimum Gasteiger partial charge on any atom is -0.490 e. The Morgan fingerprint density at radius 2 is 1.76 bits per heavy atom. The highest BCUT2D eigenvalue weighted by atomic mass is 19.4. The molecule has 0 radical (unpaired) electrons. The molecule has 2 amide bonds. The lowest BCUT2D eigenvalue weighted by atomic mass is 10.0. The van der Waals surface area contributed by atoms with E-state index in [2.05, 4.69) is 5.32 Å². The third-order valence-electron chi connectivity index (χ3n) is 8.77. The van der Waals surface area contributed by atoms with Gasteiger partial charge in [-0.2, -0.15) is 13.2 Å². The fourth-order valence-corrected chi connectivity index (χ4v) is 5.93. The topological polar surface area (TPSA) is 91.3 Å². The molecular weight excluding hydrogens is 635 g/mol. The van der Waals surface area contributed by atoms with E-state index in [0.717, 1.165) is 42.5 Å². The van der Waals surface area contributed by atoms with E-state index in [4.69, 9.17) is 9.47 Å². The van der Waals surface area contributed by atoms with Crippen molar-refractivity contribution in [2.45, 2.75) is 77.4 Å². The van der Waals surface area contributed by atoms with Crippen molar-refractivity contribution in [1.82, 2.24) is 9.80 Å². The molecule has 0 fully saturated rings. The zero-order valence-corrected chi connectivity index (χ0v) is 28.7. The van der Waals surface area contributed by atoms with E-state index >= 15 is 0 Å². The second kappa shape index (κ2) is 17.6. The molecular formula is C38H48F3N3O5. The summed E-state index contributed by atoms with van der Waals surface area (Å²) in [6.45, 7) is 7.11. The quantitative estimate of drug-likeness (QED) is 0.258. The molecule has 8 nitrogen and oxygen atoms in total. The van der Waals surface area contributed by atoms with Crippen LogP contribution in [-0.4, -0.2) is 78.3 Å². The number of hydrogen-bond acceptors (Lipinski definition) is 6. The number of ether oxygens (including phenoxy) is 2. The average Bonchev–Trinajstić information content (AvgIpc) is 3.06. The van der Waals surface area contributed by atoms with Crippen molar-refractivity contribution in [2.75, 3.05) is 38.7 Å². The standard InChI is InChI=1S/C38H48F3N3O5/c1-26-22-44(27(2)25-45)37(47)33-21-32(42-36(46)20-29-11-6-5-7-12-29)17-18-34(33)49-28(3)10-8-9-19-48-35(26)24-43(4)23-30-13-15-31(16-14-30)38(39,40)41/h5-7,11-18,21,26-28,35,45H,8-10,19-20,22-25H2,1-4H3,(H,42,46)/t26-,27-,28-,35+/m0/s1. The fraction of sp³-hybridized carbons (Fsp3) is 0.474. The molecule has 3 aromatic carbocycles. The highest BCUT2D eigenvalue weighted by Gasteiger charge is 2.32. The van der Waals surface area contributed by atoms with Gasteiger partial charge in [0.25, 0.3) is 5.91 Å². The molecule has 11 heteroatoms. The first-order chi connectivity index (χ1) is 23.3. The summed E-state index contributed by atoms with van der Waals surface area (Å²) in [6.07, 6.45) is -2.34. The van der Waals surface area contributed by atoms with Gasteiger partial charge in [-0.3, -0.25) is 14.5 Å². The summed E-state index contributed by atoms with van der Waals surface area (Å²) >= 11 is 0. The number of nitrogens with zero attached hydrogens (tertiary/aromatic N) is 2. The van der Waals surface area contributed by atoms with Gasteiger partial charge < -0.3 is 24.8 Å². The molecule has 1 aliphatic heterocycles. The summed E-state index contributed by atoms with van der Waals surface area (Å²) in [7, 11) is 1.89. The Labute approximate surface area is 287 Å². The molecule has 1 heterocycles. The number of carbonyl (C=O) groups excluding carboxylic acids is 2. The molecule has 2 N–H and O–H groups in total. The van der Waals surface area contributed by atoms with Gasteiger partial charge in [-0.05, 0) is 81.6 Å². The number of likely N-dealkylation sites (N-methyl/N-ethyl adjacent to an activating group) is 1. The van der Waals surface area contributed by atoms with E-state index in [1.807, 2.05) is 56.1 Å². The normalized spacial score (nSPS) is 20.2. The number of benzene rings is 3. The molecule has 0 aliphatic carbocycles. The van der Waals surface area contributed by atoms with Crippen LogP contribution in [0.3, 0.4) is 0 Å². The van der Waals surface area contributed by atoms with Crippen molar-refractivity contribution in [3.8, 4) is 5.75 Å². The Bertz CT molecular complexity index is 1500. The maximum absolute atomic E-state index is 14.3. The first-order valence-corrected chi connectivity index (χ1v) is 16.9. The maximum Gasteiger partial charge on any atom is 0.416 e. The van der Waals surface area contributed by atoms with Crippen LogP contribution in [0.25, 0.3) is 0 Å². The Morgan fingerprint density at radius 1 is 1.04 bits per heavy atom. The zero-order valence-electron chi connectivity index (χ0n) is 28.7. The van der Waals surface area contributed by atoms with E-state index in [0.29, 0.717) is 31.1 Å². The molecule has 4 atom stereocenters. The summed E-state index contributed by atoms with van der Waals surface area (Å²) < 4.78 is 51.9. The van der Waals surface area contributed by atoms with Gasteiger partial charge in [0.1, 0.15) is 5.75 Å². The SMILES string of the molecule is C[C@H]1CCCCO[C@H](CN(C)Cc2ccc(C(F)(F)F)cc2)[C@@H](C)CN([C@@H](C)CO)C(=O)c2cc(NC(=O)Cc3ccccc3)ccc2O1. The first kappa shape index (κ1) is 37.9. The molecule has 266 valence electrons. The smallest absolute Gasteiger partial charge is 0.416 e. The van der Waals surface area contributed by atoms with Gasteiger partial charge in [0.15, 0.2) is 0 Å². The van der Waals surface area contributed by atoms with Crippen molar-refractivity contribution in [3.63, 3.8) is 0 Å². The average molecular weight is 684 g/mol. The predicted molar refractivity (Wildman–Crippen MR) is 183 cm³/mol. The van der Waals surface area contributed by atoms with Gasteiger partial charge in [0.05, 0.1) is 42.4 Å². The lowest BCUT2D eigenvalue weighted by Gasteiger charge is -2.36. The summed E-state index contributed by atoms with van der Waals surface area (Å²) in [5.41, 5.74) is 1.66. The molecule has 0 spiro atoms. The number of carbonyl (C=O) groups is 2. The number of fused-ring (bicyclic) bond motifs is 1. The van der Waals surface area contributed by atoms with Crippen molar-refractivity contribution in [3.05, 3.63) is 95.1 Å². The highest BCUT2D eigenvalue weighted by Crippen LogP contribution is 2.30. The van der Waals surface area contributed by atoms with Crippen molar-refractivity contribution in [1.29, 1.82) is 0 Å². The molecule has 0 saturated heterocycles. The van der Waals surface area contributed by atoms with E-state index in [9.17, 15) is 27.9 Å². The number of amides is 2. The Kier molecular flexibility index (Phi) is 13.6. The molecule has 0 saturated carbocycles. The number of hydrogen-bond donors (Lipinski definition) is 2. The molecule has 4 rings (SSSR count). The van der Waals surface area contributed by atoms with Crippen LogP contribution >= 0.6 is 0 Å². The van der Waals surface area contributed by atoms with Gasteiger partial charge >= 0.3 is 6.18 Å². The Morgan fingerprint density at radius 3 is 2.43 bits per heavy atom. The van der Waals surface area contributed by atoms with Crippen LogP contribution in [0.5, 0.6) is 5.75 Å². The molecule has 3 aromatic rings. The Balaban J connectivity index is 1.56. The van der Waals surface area contributed by atoms with Gasteiger partial charge in [-0.25, -0.2) is 0 Å². The highest BCUT2D eigenvalue weighted by molar-refractivity contribution is 6.00. The van der Waals surface area contributed by atoms with Crippen LogP contribution < -0.4 is 10.1 Å². The fourth-order valence-electron chi connectivity index (χ4n) is 5.93. The van der Waals surface area contributed by atoms with Gasteiger partial charge in [0, 0.05) is 37.8 Å². The number of aliphatic hydroxyl groups excluding tert-OH is 1.